The normalized spacial score (nSPS) is 17.5. The number of nitrogens with zero attached hydrogens (tertiary/aromatic N) is 1. The lowest BCUT2D eigenvalue weighted by molar-refractivity contribution is -0.148. The molecule has 6 nitrogen and oxygen atoms in total. The standard InChI is InChI=1S/C16H24N2O4/c1-4-10(3)17-12-13(15(20)14(12)19)18-8-6-11(7-9-18)16(21)22-5-2/h10-11,17H,4-9H2,1-3H3. The largest absolute Gasteiger partial charge is 0.466 e. The lowest BCUT2D eigenvalue weighted by Crippen LogP contribution is -2.47. The Morgan fingerprint density at radius 1 is 1.27 bits per heavy atom. The summed E-state index contributed by atoms with van der Waals surface area (Å²) in [6.45, 7) is 7.39. The number of nitrogens with one attached hydrogen (secondary N) is 1. The Kier molecular flexibility index (Phi) is 5.21. The van der Waals surface area contributed by atoms with E-state index in [4.69, 9.17) is 4.74 Å². The molecule has 0 amide bonds. The Bertz CT molecular complexity index is 596. The molecule has 1 heterocycles. The van der Waals surface area contributed by atoms with Gasteiger partial charge in [-0.25, -0.2) is 0 Å². The number of hydrogen-bond acceptors (Lipinski definition) is 6. The molecule has 122 valence electrons. The third kappa shape index (κ3) is 3.15. The van der Waals surface area contributed by atoms with E-state index in [0.717, 1.165) is 6.42 Å². The summed E-state index contributed by atoms with van der Waals surface area (Å²) >= 11 is 0. The fourth-order valence-electron chi connectivity index (χ4n) is 2.76. The number of esters is 1. The topological polar surface area (TPSA) is 75.7 Å². The monoisotopic (exact) mass is 308 g/mol. The molecule has 0 aliphatic carbocycles. The van der Waals surface area contributed by atoms with Gasteiger partial charge in [0.05, 0.1) is 12.5 Å². The van der Waals surface area contributed by atoms with Crippen molar-refractivity contribution in [2.45, 2.75) is 46.1 Å². The van der Waals surface area contributed by atoms with Crippen LogP contribution in [0.2, 0.25) is 0 Å². The van der Waals surface area contributed by atoms with E-state index in [2.05, 4.69) is 5.32 Å². The first-order valence-corrected chi connectivity index (χ1v) is 8.00. The van der Waals surface area contributed by atoms with Crippen molar-refractivity contribution in [3.05, 3.63) is 20.4 Å². The SMILES string of the molecule is CCOC(=O)C1CCN(c2c(NC(C)CC)c(=O)c2=O)CC1. The van der Waals surface area contributed by atoms with E-state index in [-0.39, 0.29) is 17.9 Å². The molecule has 6 heteroatoms. The first kappa shape index (κ1) is 16.5. The van der Waals surface area contributed by atoms with Crippen LogP contribution in [-0.4, -0.2) is 31.7 Å². The molecule has 2 rings (SSSR count). The average Bonchev–Trinajstić information content (AvgIpc) is 2.54. The first-order chi connectivity index (χ1) is 10.5. The Labute approximate surface area is 130 Å². The highest BCUT2D eigenvalue weighted by atomic mass is 16.5. The van der Waals surface area contributed by atoms with Crippen LogP contribution in [0.1, 0.15) is 40.0 Å². The van der Waals surface area contributed by atoms with Crippen molar-refractivity contribution in [2.24, 2.45) is 5.92 Å². The summed E-state index contributed by atoms with van der Waals surface area (Å²) < 4.78 is 5.04. The molecule has 0 saturated carbocycles. The Morgan fingerprint density at radius 3 is 2.45 bits per heavy atom. The van der Waals surface area contributed by atoms with Crippen molar-refractivity contribution in [1.82, 2.24) is 0 Å². The van der Waals surface area contributed by atoms with Crippen molar-refractivity contribution >= 4 is 17.3 Å². The van der Waals surface area contributed by atoms with Gasteiger partial charge in [-0.05, 0) is 33.1 Å². The summed E-state index contributed by atoms with van der Waals surface area (Å²) in [5.41, 5.74) is 0.0877. The van der Waals surface area contributed by atoms with Crippen LogP contribution in [0.4, 0.5) is 11.4 Å². The van der Waals surface area contributed by atoms with Crippen LogP contribution in [0.25, 0.3) is 0 Å². The maximum atomic E-state index is 11.9. The van der Waals surface area contributed by atoms with Crippen LogP contribution in [0.3, 0.4) is 0 Å². The van der Waals surface area contributed by atoms with Gasteiger partial charge in [-0.3, -0.25) is 14.4 Å². The third-order valence-electron chi connectivity index (χ3n) is 4.32. The van der Waals surface area contributed by atoms with Crippen LogP contribution in [0.5, 0.6) is 0 Å². The molecule has 1 fully saturated rings. The summed E-state index contributed by atoms with van der Waals surface area (Å²) in [5, 5.41) is 3.12. The van der Waals surface area contributed by atoms with E-state index in [9.17, 15) is 14.4 Å². The Balaban J connectivity index is 2.03. The molecule has 1 atom stereocenters. The summed E-state index contributed by atoms with van der Waals surface area (Å²) in [6, 6.07) is 0.152. The fraction of sp³-hybridized carbons (Fsp3) is 0.688. The van der Waals surface area contributed by atoms with Crippen LogP contribution in [0.15, 0.2) is 9.59 Å². The highest BCUT2D eigenvalue weighted by Gasteiger charge is 2.32. The number of piperidine rings is 1. The van der Waals surface area contributed by atoms with Gasteiger partial charge in [0, 0.05) is 19.1 Å². The molecule has 1 aromatic carbocycles. The highest BCUT2D eigenvalue weighted by molar-refractivity contribution is 5.77. The molecule has 0 spiro atoms. The number of ether oxygens (including phenoxy) is 1. The lowest BCUT2D eigenvalue weighted by atomic mass is 9.95. The highest BCUT2D eigenvalue weighted by Crippen LogP contribution is 2.27. The second-order valence-corrected chi connectivity index (χ2v) is 5.85. The van der Waals surface area contributed by atoms with E-state index >= 15 is 0 Å². The van der Waals surface area contributed by atoms with E-state index in [1.54, 1.807) is 6.92 Å². The number of hydrogen-bond donors (Lipinski definition) is 1. The number of anilines is 2. The van der Waals surface area contributed by atoms with Gasteiger partial charge < -0.3 is 15.0 Å². The van der Waals surface area contributed by atoms with E-state index in [0.29, 0.717) is 43.9 Å². The first-order valence-electron chi connectivity index (χ1n) is 8.00. The molecule has 1 saturated heterocycles. The quantitative estimate of drug-likeness (QED) is 0.630. The van der Waals surface area contributed by atoms with Crippen LogP contribution in [0, 0.1) is 5.92 Å². The fourth-order valence-corrected chi connectivity index (χ4v) is 2.76. The van der Waals surface area contributed by atoms with Crippen molar-refractivity contribution in [3.8, 4) is 0 Å². The molecular formula is C16H24N2O4. The van der Waals surface area contributed by atoms with Crippen LogP contribution < -0.4 is 21.1 Å². The molecule has 1 unspecified atom stereocenters. The number of carbonyl (C=O) groups is 1. The molecule has 1 N–H and O–H groups in total. The van der Waals surface area contributed by atoms with Gasteiger partial charge in [-0.2, -0.15) is 0 Å². The summed E-state index contributed by atoms with van der Waals surface area (Å²) in [5.74, 6) is -0.265. The van der Waals surface area contributed by atoms with E-state index in [1.165, 1.54) is 0 Å². The van der Waals surface area contributed by atoms with E-state index < -0.39 is 10.9 Å². The average molecular weight is 308 g/mol. The minimum atomic E-state index is -0.428. The second-order valence-electron chi connectivity index (χ2n) is 5.85. The van der Waals surface area contributed by atoms with Crippen LogP contribution in [-0.2, 0) is 9.53 Å². The molecule has 1 aliphatic rings. The maximum absolute atomic E-state index is 11.9. The second kappa shape index (κ2) is 6.94. The van der Waals surface area contributed by atoms with Gasteiger partial charge in [0.2, 0.25) is 0 Å². The molecular weight excluding hydrogens is 284 g/mol. The Hall–Kier alpha value is -1.85. The zero-order valence-electron chi connectivity index (χ0n) is 13.5. The van der Waals surface area contributed by atoms with E-state index in [1.807, 2.05) is 18.7 Å². The minimum absolute atomic E-state index is 0.103. The van der Waals surface area contributed by atoms with Gasteiger partial charge in [0.25, 0.3) is 10.9 Å². The zero-order valence-corrected chi connectivity index (χ0v) is 13.5. The lowest BCUT2D eigenvalue weighted by Gasteiger charge is -2.34. The van der Waals surface area contributed by atoms with Crippen molar-refractivity contribution in [2.75, 3.05) is 29.9 Å². The van der Waals surface area contributed by atoms with Crippen molar-refractivity contribution in [1.29, 1.82) is 0 Å². The predicted molar refractivity (Wildman–Crippen MR) is 86.3 cm³/mol. The van der Waals surface area contributed by atoms with Gasteiger partial charge in [0.1, 0.15) is 11.4 Å². The number of carbonyl (C=O) groups excluding carboxylic acids is 1. The molecule has 1 aromatic rings. The number of rotatable bonds is 6. The molecule has 0 bridgehead atoms. The Morgan fingerprint density at radius 2 is 1.91 bits per heavy atom. The maximum Gasteiger partial charge on any atom is 0.309 e. The molecule has 22 heavy (non-hydrogen) atoms. The summed E-state index contributed by atoms with van der Waals surface area (Å²) in [7, 11) is 0. The summed E-state index contributed by atoms with van der Waals surface area (Å²) in [4.78, 5) is 37.3. The summed E-state index contributed by atoms with van der Waals surface area (Å²) in [6.07, 6.45) is 2.18. The van der Waals surface area contributed by atoms with Gasteiger partial charge in [-0.1, -0.05) is 6.92 Å². The third-order valence-corrected chi connectivity index (χ3v) is 4.32. The zero-order chi connectivity index (χ0) is 16.3. The van der Waals surface area contributed by atoms with Gasteiger partial charge >= 0.3 is 5.97 Å². The smallest absolute Gasteiger partial charge is 0.309 e. The molecule has 1 aliphatic heterocycles. The predicted octanol–water partition coefficient (Wildman–Crippen LogP) is 1.27. The van der Waals surface area contributed by atoms with Crippen LogP contribution >= 0.6 is 0 Å². The van der Waals surface area contributed by atoms with Gasteiger partial charge in [0.15, 0.2) is 0 Å². The van der Waals surface area contributed by atoms with Crippen molar-refractivity contribution in [3.63, 3.8) is 0 Å². The molecule has 0 radical (unpaired) electrons. The van der Waals surface area contributed by atoms with Gasteiger partial charge in [-0.15, -0.1) is 0 Å². The minimum Gasteiger partial charge on any atom is -0.466 e. The molecule has 0 aromatic heterocycles. The van der Waals surface area contributed by atoms with Crippen molar-refractivity contribution < 1.29 is 9.53 Å².